The van der Waals surface area contributed by atoms with Crippen molar-refractivity contribution in [3.05, 3.63) is 47.2 Å². The first-order valence-electron chi connectivity index (χ1n) is 11.6. The Bertz CT molecular complexity index is 834. The van der Waals surface area contributed by atoms with Crippen LogP contribution in [0, 0.1) is 5.92 Å². The molecule has 5 nitrogen and oxygen atoms in total. The summed E-state index contributed by atoms with van der Waals surface area (Å²) in [6.45, 7) is 8.89. The van der Waals surface area contributed by atoms with Crippen molar-refractivity contribution in [3.8, 4) is 0 Å². The number of piperidine rings is 1. The topological polar surface area (TPSA) is 61.4 Å². The molecule has 0 radical (unpaired) electrons. The van der Waals surface area contributed by atoms with Gasteiger partial charge in [-0.2, -0.15) is 0 Å². The number of nitrogens with zero attached hydrogens (tertiary/aromatic N) is 1. The number of allylic oxidation sites excluding steroid dienone is 1. The average Bonchev–Trinajstić information content (AvgIpc) is 3.05. The Morgan fingerprint density at radius 3 is 2.80 bits per heavy atom. The summed E-state index contributed by atoms with van der Waals surface area (Å²) >= 11 is 0. The second-order valence-electron chi connectivity index (χ2n) is 9.40. The van der Waals surface area contributed by atoms with E-state index in [-0.39, 0.29) is 17.9 Å². The first kappa shape index (κ1) is 21.1. The number of fused-ring (bicyclic) bond motifs is 1. The van der Waals surface area contributed by atoms with Gasteiger partial charge in [0.05, 0.1) is 0 Å². The Kier molecular flexibility index (Phi) is 6.28. The third-order valence-corrected chi connectivity index (χ3v) is 7.22. The Morgan fingerprint density at radius 2 is 2.03 bits per heavy atom. The Labute approximate surface area is 180 Å². The van der Waals surface area contributed by atoms with E-state index in [1.165, 1.54) is 31.2 Å². The molecule has 5 heteroatoms. The van der Waals surface area contributed by atoms with Gasteiger partial charge in [0.25, 0.3) is 5.91 Å². The molecule has 2 heterocycles. The molecular weight excluding hydrogens is 374 g/mol. The number of carbonyl (C=O) groups excluding carboxylic acids is 2. The van der Waals surface area contributed by atoms with Crippen LogP contribution in [-0.2, 0) is 17.8 Å². The summed E-state index contributed by atoms with van der Waals surface area (Å²) in [4.78, 5) is 27.1. The molecule has 0 spiro atoms. The van der Waals surface area contributed by atoms with Gasteiger partial charge in [-0.25, -0.2) is 0 Å². The third-order valence-electron chi connectivity index (χ3n) is 7.22. The van der Waals surface area contributed by atoms with Crippen molar-refractivity contribution in [1.82, 2.24) is 15.5 Å². The van der Waals surface area contributed by atoms with Gasteiger partial charge in [0.15, 0.2) is 0 Å². The predicted molar refractivity (Wildman–Crippen MR) is 119 cm³/mol. The minimum Gasteiger partial charge on any atom is -0.329 e. The van der Waals surface area contributed by atoms with Crippen LogP contribution < -0.4 is 10.6 Å². The lowest BCUT2D eigenvalue weighted by Gasteiger charge is -2.34. The molecule has 3 aliphatic rings. The molecule has 1 unspecified atom stereocenters. The van der Waals surface area contributed by atoms with Gasteiger partial charge in [-0.1, -0.05) is 38.5 Å². The SMILES string of the molecule is C=C1CCC(N2Cc3cc(C[C@H]4CCCC[C@@H]4N[C@H](C)CC)ccc3C2=O)C(=O)N1. The highest BCUT2D eigenvalue weighted by Crippen LogP contribution is 2.32. The van der Waals surface area contributed by atoms with Gasteiger partial charge in [0.2, 0.25) is 5.91 Å². The van der Waals surface area contributed by atoms with Crippen LogP contribution in [0.2, 0.25) is 0 Å². The van der Waals surface area contributed by atoms with Crippen LogP contribution in [0.3, 0.4) is 0 Å². The van der Waals surface area contributed by atoms with Crippen LogP contribution in [-0.4, -0.2) is 34.8 Å². The van der Waals surface area contributed by atoms with Gasteiger partial charge in [0, 0.05) is 29.9 Å². The summed E-state index contributed by atoms with van der Waals surface area (Å²) in [5, 5.41) is 6.65. The number of hydrogen-bond donors (Lipinski definition) is 2. The highest BCUT2D eigenvalue weighted by atomic mass is 16.2. The van der Waals surface area contributed by atoms with E-state index in [1.807, 2.05) is 6.07 Å². The van der Waals surface area contributed by atoms with Crippen LogP contribution >= 0.6 is 0 Å². The Balaban J connectivity index is 1.46. The second kappa shape index (κ2) is 8.93. The van der Waals surface area contributed by atoms with Gasteiger partial charge in [-0.15, -0.1) is 0 Å². The average molecular weight is 410 g/mol. The number of hydrogen-bond acceptors (Lipinski definition) is 3. The van der Waals surface area contributed by atoms with Crippen molar-refractivity contribution in [2.75, 3.05) is 0 Å². The van der Waals surface area contributed by atoms with Gasteiger partial charge >= 0.3 is 0 Å². The largest absolute Gasteiger partial charge is 0.329 e. The molecule has 162 valence electrons. The summed E-state index contributed by atoms with van der Waals surface area (Å²) in [6.07, 6.45) is 8.74. The molecule has 30 heavy (non-hydrogen) atoms. The van der Waals surface area contributed by atoms with Crippen molar-refractivity contribution in [1.29, 1.82) is 0 Å². The number of benzene rings is 1. The highest BCUT2D eigenvalue weighted by molar-refractivity contribution is 6.01. The van der Waals surface area contributed by atoms with Crippen molar-refractivity contribution < 1.29 is 9.59 Å². The van der Waals surface area contributed by atoms with Crippen LogP contribution in [0.1, 0.15) is 80.3 Å². The molecule has 2 aliphatic heterocycles. The van der Waals surface area contributed by atoms with Crippen LogP contribution in [0.25, 0.3) is 0 Å². The standard InChI is InChI=1S/C25H35N3O2/c1-4-16(2)26-22-8-6-5-7-19(22)13-18-10-11-21-20(14-18)15-28(25(21)30)23-12-9-17(3)27-24(23)29/h10-11,14,16,19,22-23,26H,3-9,12-13,15H2,1-2H3,(H,27,29)/t16-,19-,22+,23?/m1/s1. The van der Waals surface area contributed by atoms with E-state index in [9.17, 15) is 9.59 Å². The van der Waals surface area contributed by atoms with Crippen LogP contribution in [0.15, 0.2) is 30.5 Å². The maximum absolute atomic E-state index is 12.9. The van der Waals surface area contributed by atoms with Crippen LogP contribution in [0.5, 0.6) is 0 Å². The summed E-state index contributed by atoms with van der Waals surface area (Å²) in [5.41, 5.74) is 3.88. The van der Waals surface area contributed by atoms with E-state index in [2.05, 4.69) is 43.2 Å². The van der Waals surface area contributed by atoms with Gasteiger partial charge in [-0.3, -0.25) is 9.59 Å². The first-order chi connectivity index (χ1) is 14.5. The van der Waals surface area contributed by atoms with Crippen molar-refractivity contribution in [2.45, 2.75) is 89.9 Å². The summed E-state index contributed by atoms with van der Waals surface area (Å²) in [6, 6.07) is 7.06. The molecule has 4 rings (SSSR count). The molecular formula is C25H35N3O2. The predicted octanol–water partition coefficient (Wildman–Crippen LogP) is 3.92. The Hall–Kier alpha value is -2.14. The molecule has 1 aromatic rings. The maximum atomic E-state index is 12.9. The molecule has 1 aromatic carbocycles. The zero-order chi connectivity index (χ0) is 21.3. The lowest BCUT2D eigenvalue weighted by Crippen LogP contribution is -2.49. The van der Waals surface area contributed by atoms with Gasteiger partial charge in [0.1, 0.15) is 6.04 Å². The molecule has 2 fully saturated rings. The van der Waals surface area contributed by atoms with E-state index in [1.54, 1.807) is 4.90 Å². The normalized spacial score (nSPS) is 27.7. The quantitative estimate of drug-likeness (QED) is 0.748. The fourth-order valence-electron chi connectivity index (χ4n) is 5.29. The van der Waals surface area contributed by atoms with E-state index in [4.69, 9.17) is 0 Å². The highest BCUT2D eigenvalue weighted by Gasteiger charge is 2.38. The fraction of sp³-hybridized carbons (Fsp3) is 0.600. The van der Waals surface area contributed by atoms with Crippen molar-refractivity contribution >= 4 is 11.8 Å². The lowest BCUT2D eigenvalue weighted by atomic mass is 9.80. The molecule has 1 saturated carbocycles. The number of rotatable bonds is 6. The summed E-state index contributed by atoms with van der Waals surface area (Å²) < 4.78 is 0. The number of amides is 2. The number of carbonyl (C=O) groups is 2. The maximum Gasteiger partial charge on any atom is 0.255 e. The molecule has 1 saturated heterocycles. The van der Waals surface area contributed by atoms with E-state index in [0.717, 1.165) is 36.1 Å². The monoisotopic (exact) mass is 409 g/mol. The lowest BCUT2D eigenvalue weighted by molar-refractivity contribution is -0.126. The van der Waals surface area contributed by atoms with Crippen molar-refractivity contribution in [2.24, 2.45) is 5.92 Å². The van der Waals surface area contributed by atoms with Gasteiger partial charge < -0.3 is 15.5 Å². The molecule has 1 aliphatic carbocycles. The van der Waals surface area contributed by atoms with Crippen molar-refractivity contribution in [3.63, 3.8) is 0 Å². The zero-order valence-corrected chi connectivity index (χ0v) is 18.4. The van der Waals surface area contributed by atoms with E-state index < -0.39 is 0 Å². The molecule has 0 bridgehead atoms. The second-order valence-corrected chi connectivity index (χ2v) is 9.40. The smallest absolute Gasteiger partial charge is 0.255 e. The molecule has 2 amide bonds. The zero-order valence-electron chi connectivity index (χ0n) is 18.4. The third kappa shape index (κ3) is 4.31. The van der Waals surface area contributed by atoms with E-state index in [0.29, 0.717) is 31.0 Å². The fourth-order valence-corrected chi connectivity index (χ4v) is 5.29. The minimum absolute atomic E-state index is 0.0156. The number of nitrogens with one attached hydrogen (secondary N) is 2. The van der Waals surface area contributed by atoms with Gasteiger partial charge in [-0.05, 0) is 68.6 Å². The van der Waals surface area contributed by atoms with E-state index >= 15 is 0 Å². The molecule has 0 aromatic heterocycles. The first-order valence-corrected chi connectivity index (χ1v) is 11.6. The summed E-state index contributed by atoms with van der Waals surface area (Å²) in [5.74, 6) is 0.529. The molecule has 4 atom stereocenters. The van der Waals surface area contributed by atoms with Crippen LogP contribution in [0.4, 0.5) is 0 Å². The molecule has 2 N–H and O–H groups in total. The Morgan fingerprint density at radius 1 is 1.23 bits per heavy atom. The minimum atomic E-state index is -0.388. The summed E-state index contributed by atoms with van der Waals surface area (Å²) in [7, 11) is 0.